The molecule has 0 fully saturated rings. The van der Waals surface area contributed by atoms with E-state index in [0.29, 0.717) is 0 Å². The van der Waals surface area contributed by atoms with E-state index in [1.54, 1.807) is 0 Å². The lowest BCUT2D eigenvalue weighted by atomic mass is 10.2. The molecule has 0 unspecified atom stereocenters. The lowest BCUT2D eigenvalue weighted by Crippen LogP contribution is -2.08. The number of hydrogen-bond acceptors (Lipinski definition) is 4. The van der Waals surface area contributed by atoms with Gasteiger partial charge >= 0.3 is 5.97 Å². The number of pyridine rings is 1. The molecule has 106 valence electrons. The van der Waals surface area contributed by atoms with Crippen LogP contribution < -0.4 is 5.56 Å². The number of nitrogens with zero attached hydrogens (tertiary/aromatic N) is 2. The highest BCUT2D eigenvalue weighted by molar-refractivity contribution is 6.02. The monoisotopic (exact) mass is 285 g/mol. The zero-order chi connectivity index (χ0) is 15.0. The van der Waals surface area contributed by atoms with Crippen molar-refractivity contribution in [3.05, 3.63) is 58.0 Å². The van der Waals surface area contributed by atoms with E-state index in [1.165, 1.54) is 4.68 Å². The van der Waals surface area contributed by atoms with E-state index in [0.717, 1.165) is 11.6 Å². The Kier molecular flexibility index (Phi) is 2.94. The van der Waals surface area contributed by atoms with Crippen LogP contribution in [0.1, 0.15) is 16.1 Å². The Balaban J connectivity index is 2.23. The highest BCUT2D eigenvalue weighted by atomic mass is 16.4. The predicted molar refractivity (Wildman–Crippen MR) is 74.5 cm³/mol. The van der Waals surface area contributed by atoms with Crippen molar-refractivity contribution in [2.24, 2.45) is 0 Å². The van der Waals surface area contributed by atoms with E-state index in [1.807, 2.05) is 30.3 Å². The molecule has 3 rings (SSSR count). The summed E-state index contributed by atoms with van der Waals surface area (Å²) in [6, 6.07) is 10.2. The molecule has 0 spiro atoms. The van der Waals surface area contributed by atoms with Crippen LogP contribution in [0.15, 0.2) is 41.2 Å². The van der Waals surface area contributed by atoms with Gasteiger partial charge in [-0.3, -0.25) is 4.79 Å². The number of H-pyrrole nitrogens is 1. The molecule has 0 bridgehead atoms. The molecule has 3 N–H and O–H groups in total. The average Bonchev–Trinajstić information content (AvgIpc) is 2.79. The second kappa shape index (κ2) is 4.78. The van der Waals surface area contributed by atoms with E-state index in [2.05, 4.69) is 10.1 Å². The zero-order valence-corrected chi connectivity index (χ0v) is 10.8. The van der Waals surface area contributed by atoms with Gasteiger partial charge in [-0.15, -0.1) is 0 Å². The van der Waals surface area contributed by atoms with Crippen LogP contribution in [0.5, 0.6) is 5.75 Å². The number of hydrogen-bond donors (Lipinski definition) is 3. The van der Waals surface area contributed by atoms with Gasteiger partial charge in [0, 0.05) is 6.07 Å². The van der Waals surface area contributed by atoms with Gasteiger partial charge in [0.25, 0.3) is 5.56 Å². The normalized spacial score (nSPS) is 10.9. The number of aromatic nitrogens is 3. The first-order valence-corrected chi connectivity index (χ1v) is 6.16. The van der Waals surface area contributed by atoms with Gasteiger partial charge in [-0.2, -0.15) is 5.10 Å². The molecule has 2 aromatic heterocycles. The quantitative estimate of drug-likeness (QED) is 0.669. The van der Waals surface area contributed by atoms with E-state index in [4.69, 9.17) is 0 Å². The summed E-state index contributed by atoms with van der Waals surface area (Å²) in [5.74, 6) is -1.67. The van der Waals surface area contributed by atoms with Crippen LogP contribution in [0.25, 0.3) is 11.0 Å². The Labute approximate surface area is 118 Å². The first kappa shape index (κ1) is 12.9. The second-order valence-electron chi connectivity index (χ2n) is 4.54. The van der Waals surface area contributed by atoms with Crippen LogP contribution in [-0.2, 0) is 6.54 Å². The lowest BCUT2D eigenvalue weighted by molar-refractivity contribution is 0.0691. The predicted octanol–water partition coefficient (Wildman–Crippen LogP) is 1.18. The highest BCUT2D eigenvalue weighted by Gasteiger charge is 2.20. The molecule has 0 aliphatic rings. The van der Waals surface area contributed by atoms with Crippen LogP contribution >= 0.6 is 0 Å². The van der Waals surface area contributed by atoms with Crippen molar-refractivity contribution in [3.63, 3.8) is 0 Å². The van der Waals surface area contributed by atoms with E-state index in [9.17, 15) is 19.8 Å². The van der Waals surface area contributed by atoms with Gasteiger partial charge in [0.15, 0.2) is 5.69 Å². The van der Waals surface area contributed by atoms with Gasteiger partial charge < -0.3 is 15.2 Å². The smallest absolute Gasteiger partial charge is 0.357 e. The summed E-state index contributed by atoms with van der Waals surface area (Å²) in [6.07, 6.45) is 0. The summed E-state index contributed by atoms with van der Waals surface area (Å²) in [6.45, 7) is 0.282. The molecule has 0 aliphatic carbocycles. The average molecular weight is 285 g/mol. The van der Waals surface area contributed by atoms with Crippen molar-refractivity contribution >= 4 is 17.0 Å². The third kappa shape index (κ3) is 2.25. The summed E-state index contributed by atoms with van der Waals surface area (Å²) >= 11 is 0. The number of carboxylic acids is 1. The molecule has 0 aliphatic heterocycles. The van der Waals surface area contributed by atoms with E-state index >= 15 is 0 Å². The van der Waals surface area contributed by atoms with Crippen molar-refractivity contribution < 1.29 is 15.0 Å². The van der Waals surface area contributed by atoms with Gasteiger partial charge in [0.05, 0.1) is 11.9 Å². The molecule has 0 saturated heterocycles. The number of aromatic hydroxyl groups is 1. The topological polar surface area (TPSA) is 108 Å². The Bertz CT molecular complexity index is 880. The van der Waals surface area contributed by atoms with Crippen LogP contribution in [0.4, 0.5) is 0 Å². The van der Waals surface area contributed by atoms with Crippen molar-refractivity contribution in [3.8, 4) is 5.75 Å². The fourth-order valence-corrected chi connectivity index (χ4v) is 2.20. The molecule has 0 atom stereocenters. The Morgan fingerprint density at radius 3 is 2.67 bits per heavy atom. The maximum Gasteiger partial charge on any atom is 0.357 e. The third-order valence-electron chi connectivity index (χ3n) is 3.10. The number of carbonyl (C=O) groups is 1. The maximum absolute atomic E-state index is 11.5. The van der Waals surface area contributed by atoms with Crippen molar-refractivity contribution in [2.75, 3.05) is 0 Å². The van der Waals surface area contributed by atoms with Crippen LogP contribution in [0.2, 0.25) is 0 Å². The molecular weight excluding hydrogens is 274 g/mol. The van der Waals surface area contributed by atoms with E-state index < -0.39 is 17.3 Å². The molecule has 2 heterocycles. The first-order valence-electron chi connectivity index (χ1n) is 6.16. The van der Waals surface area contributed by atoms with Crippen LogP contribution in [0.3, 0.4) is 0 Å². The first-order chi connectivity index (χ1) is 10.1. The Hall–Kier alpha value is -3.09. The largest absolute Gasteiger partial charge is 0.507 e. The minimum atomic E-state index is -1.27. The van der Waals surface area contributed by atoms with Crippen molar-refractivity contribution in [1.29, 1.82) is 0 Å². The Morgan fingerprint density at radius 1 is 1.29 bits per heavy atom. The number of aromatic amines is 1. The SMILES string of the molecule is O=C(O)c1nn(Cc2ccccc2)c2[nH]c(=O)cc(O)c12. The number of nitrogens with one attached hydrogen (secondary N) is 1. The van der Waals surface area contributed by atoms with Gasteiger partial charge in [0.2, 0.25) is 0 Å². The van der Waals surface area contributed by atoms with Crippen molar-refractivity contribution in [1.82, 2.24) is 14.8 Å². The number of carboxylic acid groups (broad SMARTS) is 1. The molecule has 0 saturated carbocycles. The van der Waals surface area contributed by atoms with Crippen LogP contribution in [-0.4, -0.2) is 30.9 Å². The number of benzene rings is 1. The second-order valence-corrected chi connectivity index (χ2v) is 4.54. The highest BCUT2D eigenvalue weighted by Crippen LogP contribution is 2.25. The van der Waals surface area contributed by atoms with Crippen molar-refractivity contribution in [2.45, 2.75) is 6.54 Å². The summed E-state index contributed by atoms with van der Waals surface area (Å²) in [7, 11) is 0. The molecule has 0 amide bonds. The molecule has 7 nitrogen and oxygen atoms in total. The van der Waals surface area contributed by atoms with Gasteiger partial charge in [-0.05, 0) is 5.56 Å². The number of rotatable bonds is 3. The molecule has 21 heavy (non-hydrogen) atoms. The molecule has 3 aromatic rings. The minimum absolute atomic E-state index is 0.0260. The number of aromatic carboxylic acids is 1. The summed E-state index contributed by atoms with van der Waals surface area (Å²) < 4.78 is 1.36. The summed E-state index contributed by atoms with van der Waals surface area (Å²) in [4.78, 5) is 25.2. The van der Waals surface area contributed by atoms with Gasteiger partial charge in [0.1, 0.15) is 11.4 Å². The van der Waals surface area contributed by atoms with Gasteiger partial charge in [-0.1, -0.05) is 30.3 Å². The third-order valence-corrected chi connectivity index (χ3v) is 3.10. The summed E-state index contributed by atoms with van der Waals surface area (Å²) in [5, 5.41) is 23.0. The Morgan fingerprint density at radius 2 is 2.00 bits per heavy atom. The molecular formula is C14H11N3O4. The fourth-order valence-electron chi connectivity index (χ4n) is 2.20. The van der Waals surface area contributed by atoms with Crippen LogP contribution in [0, 0.1) is 0 Å². The van der Waals surface area contributed by atoms with E-state index in [-0.39, 0.29) is 23.3 Å². The molecule has 0 radical (unpaired) electrons. The standard InChI is InChI=1S/C14H11N3O4/c18-9-6-10(19)15-13-11(9)12(14(20)21)16-17(13)7-8-4-2-1-3-5-8/h1-6H,7H2,(H,20,21)(H2,15,18,19). The molecule has 1 aromatic carbocycles. The lowest BCUT2D eigenvalue weighted by Gasteiger charge is -2.03. The minimum Gasteiger partial charge on any atom is -0.507 e. The zero-order valence-electron chi connectivity index (χ0n) is 10.8. The van der Waals surface area contributed by atoms with Gasteiger partial charge in [-0.25, -0.2) is 9.48 Å². The maximum atomic E-state index is 11.5. The number of fused-ring (bicyclic) bond motifs is 1. The summed E-state index contributed by atoms with van der Waals surface area (Å²) in [5.41, 5.74) is 0.255. The fraction of sp³-hybridized carbons (Fsp3) is 0.0714. The molecule has 7 heteroatoms.